The predicted molar refractivity (Wildman–Crippen MR) is 83.8 cm³/mol. The van der Waals surface area contributed by atoms with Gasteiger partial charge in [0.2, 0.25) is 0 Å². The minimum Gasteiger partial charge on any atom is -0.466 e. The summed E-state index contributed by atoms with van der Waals surface area (Å²) in [5.41, 5.74) is 0.336. The second-order valence-corrected chi connectivity index (χ2v) is 5.33. The second-order valence-electron chi connectivity index (χ2n) is 5.33. The Labute approximate surface area is 130 Å². The molecule has 0 aromatic heterocycles. The van der Waals surface area contributed by atoms with E-state index in [9.17, 15) is 9.18 Å². The van der Waals surface area contributed by atoms with Crippen molar-refractivity contribution in [2.45, 2.75) is 25.9 Å². The molecule has 22 heavy (non-hydrogen) atoms. The van der Waals surface area contributed by atoms with Gasteiger partial charge in [0, 0.05) is 19.1 Å². The highest BCUT2D eigenvalue weighted by molar-refractivity contribution is 5.79. The van der Waals surface area contributed by atoms with Gasteiger partial charge in [0.25, 0.3) is 0 Å². The molecule has 1 aliphatic carbocycles. The fourth-order valence-electron chi connectivity index (χ4n) is 2.66. The van der Waals surface area contributed by atoms with E-state index >= 15 is 0 Å². The molecule has 118 valence electrons. The van der Waals surface area contributed by atoms with E-state index in [1.807, 2.05) is 30.3 Å². The molecule has 2 rings (SSSR count). The molecule has 0 amide bonds. The van der Waals surface area contributed by atoms with Gasteiger partial charge in [-0.1, -0.05) is 42.5 Å². The largest absolute Gasteiger partial charge is 0.466 e. The first kappa shape index (κ1) is 16.4. The quantitative estimate of drug-likeness (QED) is 0.774. The highest BCUT2D eigenvalue weighted by Gasteiger charge is 2.42. The number of esters is 1. The van der Waals surface area contributed by atoms with Gasteiger partial charge in [-0.3, -0.25) is 4.79 Å². The van der Waals surface area contributed by atoms with E-state index in [4.69, 9.17) is 9.47 Å². The van der Waals surface area contributed by atoms with Crippen LogP contribution in [0.3, 0.4) is 0 Å². The van der Waals surface area contributed by atoms with Crippen LogP contribution in [-0.2, 0) is 14.3 Å². The maximum atomic E-state index is 14.6. The molecular weight excluding hydrogens is 283 g/mol. The van der Waals surface area contributed by atoms with Crippen molar-refractivity contribution in [3.63, 3.8) is 0 Å². The van der Waals surface area contributed by atoms with Crippen LogP contribution in [0.15, 0.2) is 48.3 Å². The number of carbonyl (C=O) groups is 1. The lowest BCUT2D eigenvalue weighted by Crippen LogP contribution is -2.43. The molecule has 1 aliphatic rings. The number of halogens is 1. The minimum atomic E-state index is -1.01. The van der Waals surface area contributed by atoms with E-state index in [0.717, 1.165) is 5.56 Å². The fraction of sp³-hybridized carbons (Fsp3) is 0.389. The van der Waals surface area contributed by atoms with Gasteiger partial charge in [-0.05, 0) is 19.4 Å². The van der Waals surface area contributed by atoms with Crippen LogP contribution in [0.1, 0.15) is 25.8 Å². The Bertz CT molecular complexity index is 592. The summed E-state index contributed by atoms with van der Waals surface area (Å²) in [5, 5.41) is 0. The van der Waals surface area contributed by atoms with Crippen LogP contribution in [-0.4, -0.2) is 25.3 Å². The van der Waals surface area contributed by atoms with Crippen molar-refractivity contribution in [2.75, 3.05) is 13.7 Å². The molecule has 0 saturated heterocycles. The predicted octanol–water partition coefficient (Wildman–Crippen LogP) is 3.91. The van der Waals surface area contributed by atoms with Gasteiger partial charge in [-0.15, -0.1) is 0 Å². The highest BCUT2D eigenvalue weighted by Crippen LogP contribution is 2.39. The normalized spacial score (nSPS) is 22.5. The van der Waals surface area contributed by atoms with Crippen molar-refractivity contribution >= 4 is 11.5 Å². The molecule has 0 N–H and O–H groups in total. The molecule has 3 nitrogen and oxygen atoms in total. The molecule has 0 saturated carbocycles. The van der Waals surface area contributed by atoms with Crippen LogP contribution in [0, 0.1) is 5.92 Å². The maximum Gasteiger partial charge on any atom is 0.311 e. The van der Waals surface area contributed by atoms with E-state index < -0.39 is 11.5 Å². The van der Waals surface area contributed by atoms with Gasteiger partial charge in [0.05, 0.1) is 12.5 Å². The lowest BCUT2D eigenvalue weighted by Gasteiger charge is -2.36. The number of hydrogen-bond donors (Lipinski definition) is 0. The fourth-order valence-corrected chi connectivity index (χ4v) is 2.66. The summed E-state index contributed by atoms with van der Waals surface area (Å²) in [6, 6.07) is 9.32. The minimum absolute atomic E-state index is 0.0181. The summed E-state index contributed by atoms with van der Waals surface area (Å²) in [6.45, 7) is 3.74. The van der Waals surface area contributed by atoms with Gasteiger partial charge < -0.3 is 9.47 Å². The summed E-state index contributed by atoms with van der Waals surface area (Å²) in [5.74, 6) is -1.26. The van der Waals surface area contributed by atoms with Crippen molar-refractivity contribution in [1.82, 2.24) is 0 Å². The van der Waals surface area contributed by atoms with Crippen LogP contribution >= 0.6 is 0 Å². The number of benzene rings is 1. The first-order valence-corrected chi connectivity index (χ1v) is 7.39. The zero-order valence-corrected chi connectivity index (χ0v) is 13.1. The van der Waals surface area contributed by atoms with Crippen LogP contribution < -0.4 is 0 Å². The third-order valence-electron chi connectivity index (χ3n) is 4.09. The Balaban J connectivity index is 2.28. The van der Waals surface area contributed by atoms with Crippen molar-refractivity contribution in [3.8, 4) is 0 Å². The monoisotopic (exact) mass is 304 g/mol. The molecule has 1 aromatic rings. The summed E-state index contributed by atoms with van der Waals surface area (Å²) >= 11 is 0. The lowest BCUT2D eigenvalue weighted by atomic mass is 9.80. The number of hydrogen-bond acceptors (Lipinski definition) is 3. The van der Waals surface area contributed by atoms with Gasteiger partial charge in [0.15, 0.2) is 0 Å². The van der Waals surface area contributed by atoms with Crippen LogP contribution in [0.25, 0.3) is 5.57 Å². The molecule has 2 unspecified atom stereocenters. The Morgan fingerprint density at radius 3 is 2.59 bits per heavy atom. The molecule has 0 spiro atoms. The lowest BCUT2D eigenvalue weighted by molar-refractivity contribution is -0.156. The zero-order valence-electron chi connectivity index (χ0n) is 13.1. The van der Waals surface area contributed by atoms with Crippen LogP contribution in [0.4, 0.5) is 4.39 Å². The van der Waals surface area contributed by atoms with Gasteiger partial charge in [-0.2, -0.15) is 0 Å². The van der Waals surface area contributed by atoms with E-state index in [0.29, 0.717) is 12.2 Å². The smallest absolute Gasteiger partial charge is 0.311 e. The summed E-state index contributed by atoms with van der Waals surface area (Å²) in [7, 11) is 1.49. The standard InChI is InChI=1S/C18H21FO3/c1-4-22-17(20)13(2)18(21-3)11-10-15(16(19)12-18)14-8-6-5-7-9-14/h5-11,13H,4,12H2,1-3H3. The van der Waals surface area contributed by atoms with E-state index in [1.165, 1.54) is 7.11 Å². The van der Waals surface area contributed by atoms with Crippen LogP contribution in [0.2, 0.25) is 0 Å². The molecule has 0 heterocycles. The van der Waals surface area contributed by atoms with Gasteiger partial charge >= 0.3 is 5.97 Å². The molecule has 0 radical (unpaired) electrons. The molecule has 1 aromatic carbocycles. The third-order valence-corrected chi connectivity index (χ3v) is 4.09. The number of rotatable bonds is 5. The maximum absolute atomic E-state index is 14.6. The Morgan fingerprint density at radius 2 is 2.05 bits per heavy atom. The first-order chi connectivity index (χ1) is 10.5. The molecule has 0 bridgehead atoms. The van der Waals surface area contributed by atoms with Crippen molar-refractivity contribution in [2.24, 2.45) is 5.92 Å². The topological polar surface area (TPSA) is 35.5 Å². The summed E-state index contributed by atoms with van der Waals surface area (Å²) in [6.07, 6.45) is 3.47. The second kappa shape index (κ2) is 6.88. The molecule has 0 fully saturated rings. The van der Waals surface area contributed by atoms with Crippen molar-refractivity contribution < 1.29 is 18.7 Å². The average molecular weight is 304 g/mol. The van der Waals surface area contributed by atoms with Gasteiger partial charge in [0.1, 0.15) is 11.4 Å². The number of ether oxygens (including phenoxy) is 2. The number of carbonyl (C=O) groups excluding carboxylic acids is 1. The van der Waals surface area contributed by atoms with E-state index in [-0.39, 0.29) is 18.2 Å². The molecule has 2 atom stereocenters. The first-order valence-electron chi connectivity index (χ1n) is 7.39. The van der Waals surface area contributed by atoms with Crippen molar-refractivity contribution in [3.05, 3.63) is 53.9 Å². The third kappa shape index (κ3) is 3.12. The van der Waals surface area contributed by atoms with Crippen molar-refractivity contribution in [1.29, 1.82) is 0 Å². The molecule has 4 heteroatoms. The Morgan fingerprint density at radius 1 is 1.36 bits per heavy atom. The summed E-state index contributed by atoms with van der Waals surface area (Å²) < 4.78 is 25.2. The van der Waals surface area contributed by atoms with Crippen LogP contribution in [0.5, 0.6) is 0 Å². The Kier molecular flexibility index (Phi) is 5.14. The van der Waals surface area contributed by atoms with Gasteiger partial charge in [-0.25, -0.2) is 4.39 Å². The average Bonchev–Trinajstić information content (AvgIpc) is 2.55. The zero-order chi connectivity index (χ0) is 16.2. The number of methoxy groups -OCH3 is 1. The molecule has 0 aliphatic heterocycles. The van der Waals surface area contributed by atoms with E-state index in [2.05, 4.69) is 0 Å². The summed E-state index contributed by atoms with van der Waals surface area (Å²) in [4.78, 5) is 12.0. The highest BCUT2D eigenvalue weighted by atomic mass is 19.1. The molecular formula is C18H21FO3. The van der Waals surface area contributed by atoms with E-state index in [1.54, 1.807) is 26.0 Å². The SMILES string of the molecule is CCOC(=O)C(C)C1(OC)C=CC(c2ccccc2)=C(F)C1. The number of allylic oxidation sites excluding steroid dienone is 2. The Hall–Kier alpha value is -1.94.